The lowest BCUT2D eigenvalue weighted by molar-refractivity contribution is -0.114. The first-order valence-corrected chi connectivity index (χ1v) is 11.2. The van der Waals surface area contributed by atoms with E-state index in [4.69, 9.17) is 0 Å². The van der Waals surface area contributed by atoms with Gasteiger partial charge in [0, 0.05) is 22.6 Å². The summed E-state index contributed by atoms with van der Waals surface area (Å²) >= 11 is 0. The molecule has 2 amide bonds. The topological polar surface area (TPSA) is 70.2 Å². The second kappa shape index (κ2) is 11.0. The second-order valence-corrected chi connectivity index (χ2v) is 8.02. The van der Waals surface area contributed by atoms with Gasteiger partial charge < -0.3 is 16.0 Å². The van der Waals surface area contributed by atoms with E-state index in [0.717, 1.165) is 28.9 Å². The highest BCUT2D eigenvalue weighted by atomic mass is 16.2. The smallest absolute Gasteiger partial charge is 0.255 e. The first-order chi connectivity index (χ1) is 16.6. The van der Waals surface area contributed by atoms with E-state index in [1.54, 1.807) is 12.1 Å². The Balaban J connectivity index is 1.38. The minimum atomic E-state index is -0.173. The lowest BCUT2D eigenvalue weighted by atomic mass is 10.0. The summed E-state index contributed by atoms with van der Waals surface area (Å²) in [6.07, 6.45) is 0.743. The van der Waals surface area contributed by atoms with Gasteiger partial charge in [0.25, 0.3) is 5.91 Å². The van der Waals surface area contributed by atoms with E-state index in [1.807, 2.05) is 85.8 Å². The van der Waals surface area contributed by atoms with Crippen molar-refractivity contribution in [1.29, 1.82) is 0 Å². The van der Waals surface area contributed by atoms with Crippen molar-refractivity contribution >= 4 is 28.9 Å². The maximum atomic E-state index is 12.7. The van der Waals surface area contributed by atoms with Crippen molar-refractivity contribution in [3.05, 3.63) is 125 Å². The van der Waals surface area contributed by atoms with Crippen molar-refractivity contribution in [3.63, 3.8) is 0 Å². The minimum Gasteiger partial charge on any atom is -0.376 e. The van der Waals surface area contributed by atoms with E-state index >= 15 is 0 Å². The molecule has 3 N–H and O–H groups in total. The van der Waals surface area contributed by atoms with Crippen molar-refractivity contribution < 1.29 is 9.59 Å². The Labute approximate surface area is 199 Å². The van der Waals surface area contributed by atoms with Crippen molar-refractivity contribution in [1.82, 2.24) is 0 Å². The van der Waals surface area contributed by atoms with Crippen LogP contribution in [0.2, 0.25) is 0 Å². The molecule has 0 aliphatic rings. The Kier molecular flexibility index (Phi) is 7.35. The molecule has 0 radical (unpaired) electrons. The lowest BCUT2D eigenvalue weighted by Gasteiger charge is -2.15. The molecule has 0 bridgehead atoms. The molecule has 0 aliphatic heterocycles. The van der Waals surface area contributed by atoms with Crippen LogP contribution in [0.25, 0.3) is 0 Å². The van der Waals surface area contributed by atoms with Gasteiger partial charge in [-0.05, 0) is 60.4 Å². The van der Waals surface area contributed by atoms with E-state index in [9.17, 15) is 9.59 Å². The highest BCUT2D eigenvalue weighted by Crippen LogP contribution is 2.24. The van der Waals surface area contributed by atoms with Crippen LogP contribution in [0.4, 0.5) is 17.1 Å². The molecule has 0 atom stereocenters. The minimum absolute atomic E-state index is 0.108. The van der Waals surface area contributed by atoms with Crippen LogP contribution in [0.15, 0.2) is 103 Å². The van der Waals surface area contributed by atoms with Crippen LogP contribution in [0.3, 0.4) is 0 Å². The number of nitrogens with one attached hydrogen (secondary N) is 3. The van der Waals surface area contributed by atoms with Gasteiger partial charge in [-0.25, -0.2) is 0 Å². The molecule has 0 spiro atoms. The SMILES string of the molecule is Cc1c(NCC(=O)Nc2ccccc2Cc2ccccc2)cccc1NC(=O)c1ccccc1. The number of hydrogen-bond acceptors (Lipinski definition) is 3. The predicted molar refractivity (Wildman–Crippen MR) is 138 cm³/mol. The van der Waals surface area contributed by atoms with Gasteiger partial charge in [-0.1, -0.05) is 72.8 Å². The average molecular weight is 450 g/mol. The summed E-state index contributed by atoms with van der Waals surface area (Å²) < 4.78 is 0. The quantitative estimate of drug-likeness (QED) is 0.314. The number of hydrogen-bond donors (Lipinski definition) is 3. The number of amides is 2. The average Bonchev–Trinajstić information content (AvgIpc) is 2.87. The number of rotatable bonds is 8. The third-order valence-electron chi connectivity index (χ3n) is 5.59. The third kappa shape index (κ3) is 5.90. The van der Waals surface area contributed by atoms with Gasteiger partial charge in [-0.15, -0.1) is 0 Å². The van der Waals surface area contributed by atoms with Gasteiger partial charge in [-0.3, -0.25) is 9.59 Å². The van der Waals surface area contributed by atoms with Gasteiger partial charge >= 0.3 is 0 Å². The highest BCUT2D eigenvalue weighted by molar-refractivity contribution is 6.05. The summed E-state index contributed by atoms with van der Waals surface area (Å²) in [6, 6.07) is 32.7. The van der Waals surface area contributed by atoms with E-state index in [2.05, 4.69) is 28.1 Å². The van der Waals surface area contributed by atoms with Crippen LogP contribution >= 0.6 is 0 Å². The first-order valence-electron chi connectivity index (χ1n) is 11.2. The Bertz CT molecular complexity index is 1270. The number of benzene rings is 4. The van der Waals surface area contributed by atoms with Gasteiger partial charge in [0.05, 0.1) is 6.54 Å². The molecular formula is C29H27N3O2. The number of para-hydroxylation sites is 1. The summed E-state index contributed by atoms with van der Waals surface area (Å²) in [6.45, 7) is 2.02. The number of carbonyl (C=O) groups excluding carboxylic acids is 2. The van der Waals surface area contributed by atoms with Crippen LogP contribution < -0.4 is 16.0 Å². The molecule has 5 heteroatoms. The van der Waals surface area contributed by atoms with Crippen LogP contribution in [-0.4, -0.2) is 18.4 Å². The van der Waals surface area contributed by atoms with Crippen LogP contribution in [0, 0.1) is 6.92 Å². The van der Waals surface area contributed by atoms with Crippen LogP contribution in [0.1, 0.15) is 27.0 Å². The molecule has 0 heterocycles. The fraction of sp³-hybridized carbons (Fsp3) is 0.103. The lowest BCUT2D eigenvalue weighted by Crippen LogP contribution is -2.23. The molecule has 0 saturated heterocycles. The van der Waals surface area contributed by atoms with Crippen LogP contribution in [0.5, 0.6) is 0 Å². The summed E-state index contributed by atoms with van der Waals surface area (Å²) in [5.41, 5.74) is 6.00. The Morgan fingerprint density at radius 3 is 2.03 bits per heavy atom. The van der Waals surface area contributed by atoms with Crippen molar-refractivity contribution in [2.24, 2.45) is 0 Å². The van der Waals surface area contributed by atoms with Crippen molar-refractivity contribution in [2.45, 2.75) is 13.3 Å². The number of carbonyl (C=O) groups is 2. The van der Waals surface area contributed by atoms with Crippen LogP contribution in [-0.2, 0) is 11.2 Å². The molecular weight excluding hydrogens is 422 g/mol. The molecule has 0 fully saturated rings. The summed E-state index contributed by atoms with van der Waals surface area (Å²) in [5.74, 6) is -0.313. The zero-order chi connectivity index (χ0) is 23.8. The fourth-order valence-electron chi connectivity index (χ4n) is 3.73. The zero-order valence-electron chi connectivity index (χ0n) is 19.0. The molecule has 0 saturated carbocycles. The van der Waals surface area contributed by atoms with E-state index in [0.29, 0.717) is 11.3 Å². The molecule has 34 heavy (non-hydrogen) atoms. The Morgan fingerprint density at radius 1 is 0.647 bits per heavy atom. The largest absolute Gasteiger partial charge is 0.376 e. The molecule has 5 nitrogen and oxygen atoms in total. The zero-order valence-corrected chi connectivity index (χ0v) is 19.0. The summed E-state index contributed by atoms with van der Waals surface area (Å²) in [5, 5.41) is 9.16. The molecule has 170 valence electrons. The maximum Gasteiger partial charge on any atom is 0.255 e. The third-order valence-corrected chi connectivity index (χ3v) is 5.59. The molecule has 4 aromatic rings. The van der Waals surface area contributed by atoms with Gasteiger partial charge in [0.1, 0.15) is 0 Å². The maximum absolute atomic E-state index is 12.7. The van der Waals surface area contributed by atoms with Crippen molar-refractivity contribution in [2.75, 3.05) is 22.5 Å². The predicted octanol–water partition coefficient (Wildman–Crippen LogP) is 5.89. The van der Waals surface area contributed by atoms with Crippen molar-refractivity contribution in [3.8, 4) is 0 Å². The second-order valence-electron chi connectivity index (χ2n) is 8.02. The highest BCUT2D eigenvalue weighted by Gasteiger charge is 2.11. The normalized spacial score (nSPS) is 10.4. The molecule has 4 aromatic carbocycles. The first kappa shape index (κ1) is 22.8. The van der Waals surface area contributed by atoms with E-state index in [-0.39, 0.29) is 18.4 Å². The molecule has 4 rings (SSSR count). The molecule has 0 unspecified atom stereocenters. The fourth-order valence-corrected chi connectivity index (χ4v) is 3.73. The van der Waals surface area contributed by atoms with E-state index < -0.39 is 0 Å². The molecule has 0 aliphatic carbocycles. The summed E-state index contributed by atoms with van der Waals surface area (Å²) in [7, 11) is 0. The Morgan fingerprint density at radius 2 is 1.26 bits per heavy atom. The van der Waals surface area contributed by atoms with Gasteiger partial charge in [0.2, 0.25) is 5.91 Å². The standard InChI is InChI=1S/C29H27N3O2/c1-21-25(17-10-18-26(21)32-29(34)23-13-6-3-7-14-23)30-20-28(33)31-27-16-9-8-15-24(27)19-22-11-4-2-5-12-22/h2-18,30H,19-20H2,1H3,(H,31,33)(H,32,34). The Hall–Kier alpha value is -4.38. The molecule has 0 aromatic heterocycles. The van der Waals surface area contributed by atoms with Gasteiger partial charge in [0.15, 0.2) is 0 Å². The monoisotopic (exact) mass is 449 g/mol. The van der Waals surface area contributed by atoms with Gasteiger partial charge in [-0.2, -0.15) is 0 Å². The number of anilines is 3. The summed E-state index contributed by atoms with van der Waals surface area (Å²) in [4.78, 5) is 25.2. The van der Waals surface area contributed by atoms with E-state index in [1.165, 1.54) is 5.56 Å².